The van der Waals surface area contributed by atoms with E-state index in [1.165, 1.54) is 6.07 Å². The van der Waals surface area contributed by atoms with Crippen LogP contribution in [0.4, 0.5) is 24.5 Å². The fourth-order valence-corrected chi connectivity index (χ4v) is 1.95. The smallest absolute Gasteiger partial charge is 0.381 e. The van der Waals surface area contributed by atoms with Crippen LogP contribution in [0.15, 0.2) is 24.4 Å². The first-order valence-electron chi connectivity index (χ1n) is 6.27. The summed E-state index contributed by atoms with van der Waals surface area (Å²) in [7, 11) is 1.76. The van der Waals surface area contributed by atoms with Gasteiger partial charge in [-0.2, -0.15) is 18.3 Å². The lowest BCUT2D eigenvalue weighted by atomic mass is 10.1. The van der Waals surface area contributed by atoms with Gasteiger partial charge < -0.3 is 5.32 Å². The zero-order valence-corrected chi connectivity index (χ0v) is 11.8. The molecule has 22 heavy (non-hydrogen) atoms. The number of halogens is 3. The molecule has 0 radical (unpaired) electrons. The lowest BCUT2D eigenvalue weighted by molar-refractivity contribution is -0.388. The van der Waals surface area contributed by atoms with Gasteiger partial charge in [-0.15, -0.1) is 0 Å². The van der Waals surface area contributed by atoms with E-state index >= 15 is 0 Å². The fraction of sp³-hybridized carbons (Fsp3) is 0.308. The molecule has 0 aliphatic rings. The molecule has 0 bridgehead atoms. The Hall–Kier alpha value is -2.58. The summed E-state index contributed by atoms with van der Waals surface area (Å²) in [6, 6.07) is 2.84. The van der Waals surface area contributed by atoms with Gasteiger partial charge in [0.1, 0.15) is 5.56 Å². The van der Waals surface area contributed by atoms with Crippen LogP contribution in [0.5, 0.6) is 0 Å². The Kier molecular flexibility index (Phi) is 4.07. The van der Waals surface area contributed by atoms with Crippen LogP contribution in [0.3, 0.4) is 0 Å². The summed E-state index contributed by atoms with van der Waals surface area (Å²) in [5.74, 6) is 0. The van der Waals surface area contributed by atoms with Crippen molar-refractivity contribution in [1.29, 1.82) is 0 Å². The van der Waals surface area contributed by atoms with E-state index < -0.39 is 22.4 Å². The summed E-state index contributed by atoms with van der Waals surface area (Å²) in [5.41, 5.74) is -0.373. The topological polar surface area (TPSA) is 73.0 Å². The summed E-state index contributed by atoms with van der Waals surface area (Å²) in [4.78, 5) is 9.64. The monoisotopic (exact) mass is 314 g/mol. The highest BCUT2D eigenvalue weighted by atomic mass is 19.4. The molecular weight excluding hydrogens is 301 g/mol. The van der Waals surface area contributed by atoms with Crippen LogP contribution in [0.1, 0.15) is 16.8 Å². The summed E-state index contributed by atoms with van der Waals surface area (Å²) < 4.78 is 40.3. The Bertz CT molecular complexity index is 710. The van der Waals surface area contributed by atoms with Crippen molar-refractivity contribution >= 4 is 11.4 Å². The van der Waals surface area contributed by atoms with E-state index in [2.05, 4.69) is 10.4 Å². The highest BCUT2D eigenvalue weighted by Crippen LogP contribution is 2.37. The predicted octanol–water partition coefficient (Wildman–Crippen LogP) is 3.27. The third-order valence-corrected chi connectivity index (χ3v) is 3.32. The molecule has 1 aromatic carbocycles. The number of rotatable bonds is 4. The number of nitro groups is 1. The van der Waals surface area contributed by atoms with Crippen LogP contribution in [0.25, 0.3) is 0 Å². The van der Waals surface area contributed by atoms with Crippen molar-refractivity contribution in [3.8, 4) is 0 Å². The van der Waals surface area contributed by atoms with Crippen LogP contribution >= 0.6 is 0 Å². The van der Waals surface area contributed by atoms with Crippen LogP contribution in [0, 0.1) is 17.0 Å². The molecular formula is C13H13F3N4O2. The zero-order valence-electron chi connectivity index (χ0n) is 11.8. The molecule has 1 aromatic heterocycles. The first-order valence-corrected chi connectivity index (χ1v) is 6.27. The molecule has 0 aliphatic carbocycles. The second-order valence-corrected chi connectivity index (χ2v) is 4.72. The van der Waals surface area contributed by atoms with Gasteiger partial charge in [0.15, 0.2) is 0 Å². The van der Waals surface area contributed by atoms with Gasteiger partial charge in [0, 0.05) is 36.6 Å². The molecule has 0 fully saturated rings. The van der Waals surface area contributed by atoms with Crippen LogP contribution in [-0.4, -0.2) is 14.7 Å². The van der Waals surface area contributed by atoms with E-state index in [0.29, 0.717) is 0 Å². The molecule has 1 heterocycles. The average Bonchev–Trinajstić information content (AvgIpc) is 2.75. The number of aryl methyl sites for hydroxylation is 1. The quantitative estimate of drug-likeness (QED) is 0.694. The van der Waals surface area contributed by atoms with Gasteiger partial charge in [-0.25, -0.2) is 0 Å². The molecule has 0 unspecified atom stereocenters. The number of nitrogens with zero attached hydrogens (tertiary/aromatic N) is 3. The van der Waals surface area contributed by atoms with E-state index in [-0.39, 0.29) is 12.2 Å². The Labute approximate surface area is 123 Å². The number of nitro benzene ring substituents is 1. The lowest BCUT2D eigenvalue weighted by Crippen LogP contribution is -2.10. The summed E-state index contributed by atoms with van der Waals surface area (Å²) in [6.07, 6.45) is -3.18. The third kappa shape index (κ3) is 3.18. The van der Waals surface area contributed by atoms with Crippen LogP contribution < -0.4 is 5.32 Å². The van der Waals surface area contributed by atoms with E-state index in [1.54, 1.807) is 17.9 Å². The van der Waals surface area contributed by atoms with Gasteiger partial charge in [0.25, 0.3) is 5.69 Å². The summed E-state index contributed by atoms with van der Waals surface area (Å²) >= 11 is 0. The fourth-order valence-electron chi connectivity index (χ4n) is 1.95. The highest BCUT2D eigenvalue weighted by Gasteiger charge is 2.38. The van der Waals surface area contributed by atoms with Gasteiger partial charge in [0.2, 0.25) is 0 Å². The minimum atomic E-state index is -4.79. The Morgan fingerprint density at radius 3 is 2.59 bits per heavy atom. The third-order valence-electron chi connectivity index (χ3n) is 3.32. The number of alkyl halides is 3. The second-order valence-electron chi connectivity index (χ2n) is 4.72. The standard InChI is InChI=1S/C13H13F3N4O2/c1-8-9(7-18-19(8)2)6-17-10-3-4-12(20(21)22)11(5-10)13(14,15)16/h3-5,7,17H,6H2,1-2H3. The predicted molar refractivity (Wildman–Crippen MR) is 73.4 cm³/mol. The molecule has 0 spiro atoms. The molecule has 0 atom stereocenters. The maximum atomic E-state index is 12.9. The maximum Gasteiger partial charge on any atom is 0.423 e. The van der Waals surface area contributed by atoms with Gasteiger partial charge in [0.05, 0.1) is 11.1 Å². The Balaban J connectivity index is 2.26. The lowest BCUT2D eigenvalue weighted by Gasteiger charge is -2.11. The second kappa shape index (κ2) is 5.66. The molecule has 6 nitrogen and oxygen atoms in total. The van der Waals surface area contributed by atoms with Crippen molar-refractivity contribution in [2.24, 2.45) is 7.05 Å². The number of aromatic nitrogens is 2. The average molecular weight is 314 g/mol. The summed E-state index contributed by atoms with van der Waals surface area (Å²) in [5, 5.41) is 17.5. The van der Waals surface area contributed by atoms with Crippen molar-refractivity contribution in [3.63, 3.8) is 0 Å². The molecule has 9 heteroatoms. The van der Waals surface area contributed by atoms with Crippen molar-refractivity contribution in [2.45, 2.75) is 19.6 Å². The van der Waals surface area contributed by atoms with Gasteiger partial charge in [-0.1, -0.05) is 0 Å². The molecule has 2 rings (SSSR count). The molecule has 0 amide bonds. The first kappa shape index (κ1) is 15.8. The first-order chi connectivity index (χ1) is 10.2. The zero-order chi connectivity index (χ0) is 16.5. The van der Waals surface area contributed by atoms with Crippen molar-refractivity contribution < 1.29 is 18.1 Å². The van der Waals surface area contributed by atoms with E-state index in [0.717, 1.165) is 23.4 Å². The molecule has 118 valence electrons. The SMILES string of the molecule is Cc1c(CNc2ccc([N+](=O)[O-])c(C(F)(F)F)c2)cnn1C. The van der Waals surface area contributed by atoms with Gasteiger partial charge >= 0.3 is 6.18 Å². The number of hydrogen-bond acceptors (Lipinski definition) is 4. The van der Waals surface area contributed by atoms with E-state index in [9.17, 15) is 23.3 Å². The number of nitrogens with one attached hydrogen (secondary N) is 1. The minimum absolute atomic E-state index is 0.154. The molecule has 2 aromatic rings. The normalized spacial score (nSPS) is 11.5. The molecule has 1 N–H and O–H groups in total. The molecule has 0 aliphatic heterocycles. The van der Waals surface area contributed by atoms with Crippen molar-refractivity contribution in [3.05, 3.63) is 51.3 Å². The molecule has 0 saturated carbocycles. The van der Waals surface area contributed by atoms with E-state index in [4.69, 9.17) is 0 Å². The van der Waals surface area contributed by atoms with Crippen LogP contribution in [0.2, 0.25) is 0 Å². The van der Waals surface area contributed by atoms with Gasteiger partial charge in [-0.05, 0) is 19.1 Å². The van der Waals surface area contributed by atoms with Crippen molar-refractivity contribution in [1.82, 2.24) is 9.78 Å². The number of benzene rings is 1. The van der Waals surface area contributed by atoms with Crippen molar-refractivity contribution in [2.75, 3.05) is 5.32 Å². The maximum absolute atomic E-state index is 12.9. The van der Waals surface area contributed by atoms with Crippen LogP contribution in [-0.2, 0) is 19.8 Å². The molecule has 0 saturated heterocycles. The Morgan fingerprint density at radius 2 is 2.09 bits per heavy atom. The van der Waals surface area contributed by atoms with E-state index in [1.807, 2.05) is 6.92 Å². The summed E-state index contributed by atoms with van der Waals surface area (Å²) in [6.45, 7) is 2.11. The highest BCUT2D eigenvalue weighted by molar-refractivity contribution is 5.55. The van der Waals surface area contributed by atoms with Gasteiger partial charge in [-0.3, -0.25) is 14.8 Å². The minimum Gasteiger partial charge on any atom is -0.381 e. The Morgan fingerprint density at radius 1 is 1.41 bits per heavy atom. The largest absolute Gasteiger partial charge is 0.423 e. The number of anilines is 1. The number of hydrogen-bond donors (Lipinski definition) is 1.